The molecule has 0 aromatic heterocycles. The van der Waals surface area contributed by atoms with Crippen LogP contribution in [0.1, 0.15) is 23.6 Å². The molecule has 0 saturated carbocycles. The molecule has 1 aliphatic rings. The van der Waals surface area contributed by atoms with Gasteiger partial charge in [0.05, 0.1) is 33.0 Å². The van der Waals surface area contributed by atoms with E-state index in [0.717, 1.165) is 16.7 Å². The number of alkyl halides is 2. The number of benzene rings is 3. The first kappa shape index (κ1) is 34.4. The van der Waals surface area contributed by atoms with Crippen LogP contribution in [-0.4, -0.2) is 69.5 Å². The van der Waals surface area contributed by atoms with E-state index < -0.39 is 42.4 Å². The fraction of sp³-hybridized carbons (Fsp3) is 0.400. The molecule has 0 spiro atoms. The third-order valence-electron chi connectivity index (χ3n) is 7.08. The number of rotatable bonds is 17. The van der Waals surface area contributed by atoms with Crippen LogP contribution in [-0.2, 0) is 57.8 Å². The smallest absolute Gasteiger partial charge is 0.330 e. The van der Waals surface area contributed by atoms with E-state index in [1.807, 2.05) is 91.0 Å². The van der Waals surface area contributed by atoms with Gasteiger partial charge in [0.1, 0.15) is 31.2 Å². The fourth-order valence-electron chi connectivity index (χ4n) is 4.94. The summed E-state index contributed by atoms with van der Waals surface area (Å²) < 4.78 is 72.7. The Bertz CT molecular complexity index is 1290. The van der Waals surface area contributed by atoms with Crippen LogP contribution >= 0.6 is 0 Å². The van der Waals surface area contributed by atoms with Gasteiger partial charge in [0, 0.05) is 13.2 Å². The van der Waals surface area contributed by atoms with Crippen LogP contribution in [0.25, 0.3) is 0 Å². The van der Waals surface area contributed by atoms with Crippen molar-refractivity contribution in [1.82, 2.24) is 0 Å². The second-order valence-corrected chi connectivity index (χ2v) is 10.4. The molecule has 0 N–H and O–H groups in total. The number of halogens is 2. The van der Waals surface area contributed by atoms with Crippen molar-refractivity contribution >= 4 is 5.97 Å². The first-order chi connectivity index (χ1) is 21.9. The van der Waals surface area contributed by atoms with Crippen molar-refractivity contribution in [2.24, 2.45) is 0 Å². The average molecular weight is 627 g/mol. The number of hydrogen-bond donors (Lipinski definition) is 0. The van der Waals surface area contributed by atoms with Gasteiger partial charge in [-0.05, 0) is 29.7 Å². The maximum Gasteiger partial charge on any atom is 0.330 e. The largest absolute Gasteiger partial charge is 0.463 e. The summed E-state index contributed by atoms with van der Waals surface area (Å²) in [6.45, 7) is 1.74. The number of carbonyl (C=O) groups is 1. The van der Waals surface area contributed by atoms with Crippen molar-refractivity contribution < 1.29 is 46.7 Å². The monoisotopic (exact) mass is 626 g/mol. The minimum Gasteiger partial charge on any atom is -0.463 e. The highest BCUT2D eigenvalue weighted by atomic mass is 19.3. The molecule has 3 aromatic rings. The Morgan fingerprint density at radius 1 is 0.778 bits per heavy atom. The number of ether oxygens (including phenoxy) is 7. The van der Waals surface area contributed by atoms with E-state index in [-0.39, 0.29) is 39.8 Å². The molecule has 45 heavy (non-hydrogen) atoms. The average Bonchev–Trinajstić information content (AvgIpc) is 3.06. The Balaban J connectivity index is 1.68. The molecule has 0 radical (unpaired) electrons. The van der Waals surface area contributed by atoms with Crippen molar-refractivity contribution in [3.8, 4) is 0 Å². The van der Waals surface area contributed by atoms with Gasteiger partial charge in [0.2, 0.25) is 0 Å². The molecule has 5 atom stereocenters. The lowest BCUT2D eigenvalue weighted by Crippen LogP contribution is -2.65. The summed E-state index contributed by atoms with van der Waals surface area (Å²) in [5, 5.41) is 0. The number of hydrogen-bond acceptors (Lipinski definition) is 8. The SMILES string of the molecule is CCOC(=O)/C=C/C(F)(F)[C@H]1O[C@H](COCc2ccccc2)[C@@H](OCc2ccccc2)[C@H](OCc2ccccc2)[C@H]1OCOC. The third-order valence-corrected chi connectivity index (χ3v) is 7.08. The predicted octanol–water partition coefficient (Wildman–Crippen LogP) is 5.89. The van der Waals surface area contributed by atoms with Crippen molar-refractivity contribution in [2.45, 2.75) is 63.2 Å². The van der Waals surface area contributed by atoms with Gasteiger partial charge in [0.15, 0.2) is 6.10 Å². The third kappa shape index (κ3) is 10.5. The van der Waals surface area contributed by atoms with Crippen LogP contribution in [0.15, 0.2) is 103 Å². The molecule has 10 heteroatoms. The van der Waals surface area contributed by atoms with E-state index in [0.29, 0.717) is 12.2 Å². The maximum atomic E-state index is 16.0. The highest BCUT2D eigenvalue weighted by Crippen LogP contribution is 2.38. The summed E-state index contributed by atoms with van der Waals surface area (Å²) in [5.74, 6) is -4.58. The van der Waals surface area contributed by atoms with E-state index in [1.165, 1.54) is 7.11 Å². The standard InChI is InChI=1S/C35H40F2O8/c1-3-41-30(38)19-20-35(36,37)34-33(44-25-39-2)32(43-23-28-17-11-6-12-18-28)31(42-22-27-15-9-5-10-16-27)29(45-34)24-40-21-26-13-7-4-8-14-26/h4-20,29,31-34H,3,21-25H2,1-2H3/b20-19+/t29-,31-,32+,33-,34+/m1/s1. The molecule has 1 saturated heterocycles. The fourth-order valence-corrected chi connectivity index (χ4v) is 4.94. The first-order valence-electron chi connectivity index (χ1n) is 14.8. The zero-order chi connectivity index (χ0) is 31.9. The Labute approximate surface area is 262 Å². The number of methoxy groups -OCH3 is 1. The van der Waals surface area contributed by atoms with Gasteiger partial charge < -0.3 is 33.2 Å². The Kier molecular flexibility index (Phi) is 13.6. The molecule has 8 nitrogen and oxygen atoms in total. The van der Waals surface area contributed by atoms with Crippen molar-refractivity contribution in [2.75, 3.05) is 27.1 Å². The van der Waals surface area contributed by atoms with Crippen LogP contribution < -0.4 is 0 Å². The molecular weight excluding hydrogens is 586 g/mol. The second kappa shape index (κ2) is 17.8. The van der Waals surface area contributed by atoms with Crippen molar-refractivity contribution in [1.29, 1.82) is 0 Å². The van der Waals surface area contributed by atoms with Gasteiger partial charge in [-0.25, -0.2) is 4.79 Å². The van der Waals surface area contributed by atoms with Crippen molar-refractivity contribution in [3.63, 3.8) is 0 Å². The van der Waals surface area contributed by atoms with E-state index in [9.17, 15) is 4.79 Å². The van der Waals surface area contributed by atoms with Crippen LogP contribution in [0.5, 0.6) is 0 Å². The van der Waals surface area contributed by atoms with Crippen LogP contribution in [0.4, 0.5) is 8.78 Å². The van der Waals surface area contributed by atoms with E-state index in [2.05, 4.69) is 0 Å². The second-order valence-electron chi connectivity index (χ2n) is 10.4. The molecule has 242 valence electrons. The normalized spacial score (nSPS) is 22.0. The van der Waals surface area contributed by atoms with E-state index in [1.54, 1.807) is 6.92 Å². The summed E-state index contributed by atoms with van der Waals surface area (Å²) in [6, 6.07) is 28.3. The lowest BCUT2D eigenvalue weighted by Gasteiger charge is -2.47. The molecule has 3 aromatic carbocycles. The zero-order valence-electron chi connectivity index (χ0n) is 25.5. The molecular formula is C35H40F2O8. The van der Waals surface area contributed by atoms with Gasteiger partial charge >= 0.3 is 5.97 Å². The van der Waals surface area contributed by atoms with Gasteiger partial charge in [-0.2, -0.15) is 8.78 Å². The van der Waals surface area contributed by atoms with Crippen LogP contribution in [0.3, 0.4) is 0 Å². The summed E-state index contributed by atoms with van der Waals surface area (Å²) in [4.78, 5) is 12.0. The van der Waals surface area contributed by atoms with E-state index in [4.69, 9.17) is 33.2 Å². The molecule has 0 amide bonds. The Morgan fingerprint density at radius 2 is 1.31 bits per heavy atom. The van der Waals surface area contributed by atoms with Gasteiger partial charge in [-0.15, -0.1) is 0 Å². The van der Waals surface area contributed by atoms with Gasteiger partial charge in [-0.3, -0.25) is 0 Å². The molecule has 0 bridgehead atoms. The Hall–Kier alpha value is -3.51. The first-order valence-corrected chi connectivity index (χ1v) is 14.8. The Morgan fingerprint density at radius 3 is 1.84 bits per heavy atom. The molecule has 0 unspecified atom stereocenters. The maximum absolute atomic E-state index is 16.0. The van der Waals surface area contributed by atoms with Gasteiger partial charge in [0.25, 0.3) is 5.92 Å². The zero-order valence-corrected chi connectivity index (χ0v) is 25.5. The summed E-state index contributed by atoms with van der Waals surface area (Å²) in [5.41, 5.74) is 2.62. The highest BCUT2D eigenvalue weighted by molar-refractivity contribution is 5.82. The molecule has 1 heterocycles. The highest BCUT2D eigenvalue weighted by Gasteiger charge is 2.56. The summed E-state index contributed by atoms with van der Waals surface area (Å²) >= 11 is 0. The predicted molar refractivity (Wildman–Crippen MR) is 162 cm³/mol. The summed E-state index contributed by atoms with van der Waals surface area (Å²) in [6.07, 6.45) is -5.00. The molecule has 1 fully saturated rings. The lowest BCUT2D eigenvalue weighted by molar-refractivity contribution is -0.309. The minimum atomic E-state index is -3.68. The van der Waals surface area contributed by atoms with Crippen molar-refractivity contribution in [3.05, 3.63) is 120 Å². The summed E-state index contributed by atoms with van der Waals surface area (Å²) in [7, 11) is 1.39. The molecule has 4 rings (SSSR count). The number of esters is 1. The minimum absolute atomic E-state index is 0.0465. The van der Waals surface area contributed by atoms with Gasteiger partial charge in [-0.1, -0.05) is 91.0 Å². The topological polar surface area (TPSA) is 81.7 Å². The molecule has 1 aliphatic heterocycles. The van der Waals surface area contributed by atoms with Crippen LogP contribution in [0.2, 0.25) is 0 Å². The lowest BCUT2D eigenvalue weighted by atomic mass is 9.90. The quantitative estimate of drug-likeness (QED) is 0.104. The molecule has 0 aliphatic carbocycles. The van der Waals surface area contributed by atoms with Crippen LogP contribution in [0, 0.1) is 0 Å². The van der Waals surface area contributed by atoms with E-state index >= 15 is 8.78 Å². The number of carbonyl (C=O) groups excluding carboxylic acids is 1.